The lowest BCUT2D eigenvalue weighted by molar-refractivity contribution is 0.237. The molecule has 2 amide bonds. The first-order valence-corrected chi connectivity index (χ1v) is 15.1. The van der Waals surface area contributed by atoms with Gasteiger partial charge in [0.2, 0.25) is 5.88 Å². The summed E-state index contributed by atoms with van der Waals surface area (Å²) in [7, 11) is -4.07. The van der Waals surface area contributed by atoms with Gasteiger partial charge in [-0.05, 0) is 79.2 Å². The van der Waals surface area contributed by atoms with Gasteiger partial charge < -0.3 is 20.6 Å². The third-order valence-corrected chi connectivity index (χ3v) is 9.37. The third-order valence-electron chi connectivity index (χ3n) is 6.64. The predicted octanol–water partition coefficient (Wildman–Crippen LogP) is 4.31. The highest BCUT2D eigenvalue weighted by Gasteiger charge is 2.20. The first-order chi connectivity index (χ1) is 19.2. The SMILES string of the molecule is O=C(Nc1ccc(-n2c(O)c3ccc(NCCN4CCCCC4)cc3cc2=O)c(F)c1)NS(=O)(=O)c1cccs1. The lowest BCUT2D eigenvalue weighted by Crippen LogP contribution is -2.34. The van der Waals surface area contributed by atoms with Gasteiger partial charge in [-0.3, -0.25) is 4.79 Å². The molecule has 13 heteroatoms. The van der Waals surface area contributed by atoms with Crippen molar-refractivity contribution in [1.82, 2.24) is 14.2 Å². The second-order valence-electron chi connectivity index (χ2n) is 9.43. The average Bonchev–Trinajstić information content (AvgIpc) is 3.46. The maximum Gasteiger partial charge on any atom is 0.333 e. The van der Waals surface area contributed by atoms with Crippen LogP contribution in [-0.4, -0.2) is 55.2 Å². The predicted molar refractivity (Wildman–Crippen MR) is 154 cm³/mol. The number of anilines is 2. The maximum absolute atomic E-state index is 15.1. The highest BCUT2D eigenvalue weighted by Crippen LogP contribution is 2.29. The number of urea groups is 1. The molecule has 5 rings (SSSR count). The molecule has 4 aromatic rings. The van der Waals surface area contributed by atoms with Crippen molar-refractivity contribution in [1.29, 1.82) is 0 Å². The molecule has 0 aliphatic carbocycles. The van der Waals surface area contributed by atoms with Crippen LogP contribution in [0.25, 0.3) is 16.5 Å². The van der Waals surface area contributed by atoms with E-state index in [2.05, 4.69) is 15.5 Å². The highest BCUT2D eigenvalue weighted by atomic mass is 32.2. The zero-order chi connectivity index (χ0) is 28.3. The van der Waals surface area contributed by atoms with Gasteiger partial charge >= 0.3 is 6.03 Å². The Hall–Kier alpha value is -3.94. The number of benzene rings is 2. The smallest absolute Gasteiger partial charge is 0.333 e. The average molecular weight is 586 g/mol. The number of carbonyl (C=O) groups is 1. The van der Waals surface area contributed by atoms with Crippen molar-refractivity contribution in [2.75, 3.05) is 36.8 Å². The second-order valence-corrected chi connectivity index (χ2v) is 12.3. The number of nitrogens with one attached hydrogen (secondary N) is 3. The Morgan fingerprint density at radius 3 is 2.52 bits per heavy atom. The van der Waals surface area contributed by atoms with Crippen molar-refractivity contribution < 1.29 is 22.7 Å². The summed E-state index contributed by atoms with van der Waals surface area (Å²) in [4.78, 5) is 27.5. The van der Waals surface area contributed by atoms with Crippen molar-refractivity contribution in [3.63, 3.8) is 0 Å². The Kier molecular flexibility index (Phi) is 8.05. The number of hydrogen-bond donors (Lipinski definition) is 4. The number of rotatable bonds is 8. The highest BCUT2D eigenvalue weighted by molar-refractivity contribution is 7.92. The summed E-state index contributed by atoms with van der Waals surface area (Å²) in [5.74, 6) is -1.34. The molecule has 10 nitrogen and oxygen atoms in total. The van der Waals surface area contributed by atoms with Gasteiger partial charge in [0.1, 0.15) is 10.0 Å². The number of sulfonamides is 1. The van der Waals surface area contributed by atoms with Crippen LogP contribution in [0, 0.1) is 5.82 Å². The molecule has 3 heterocycles. The monoisotopic (exact) mass is 585 g/mol. The van der Waals surface area contributed by atoms with Crippen molar-refractivity contribution in [2.24, 2.45) is 0 Å². The Bertz CT molecular complexity index is 1700. The lowest BCUT2D eigenvalue weighted by atomic mass is 10.1. The molecule has 210 valence electrons. The van der Waals surface area contributed by atoms with E-state index in [1.165, 1.54) is 49.6 Å². The Labute approximate surface area is 234 Å². The van der Waals surface area contributed by atoms with E-state index in [9.17, 15) is 23.1 Å². The van der Waals surface area contributed by atoms with Crippen molar-refractivity contribution in [2.45, 2.75) is 23.5 Å². The number of pyridine rings is 1. The fourth-order valence-corrected chi connectivity index (χ4v) is 6.60. The minimum absolute atomic E-state index is 0.0457. The molecule has 0 bridgehead atoms. The van der Waals surface area contributed by atoms with Crippen LogP contribution in [0.5, 0.6) is 5.88 Å². The topological polar surface area (TPSA) is 133 Å². The molecule has 0 atom stereocenters. The van der Waals surface area contributed by atoms with Crippen LogP contribution in [0.4, 0.5) is 20.6 Å². The number of piperidine rings is 1. The van der Waals surface area contributed by atoms with Gasteiger partial charge in [-0.2, -0.15) is 0 Å². The largest absolute Gasteiger partial charge is 0.494 e. The summed E-state index contributed by atoms with van der Waals surface area (Å²) in [6.45, 7) is 3.87. The molecule has 0 radical (unpaired) electrons. The molecule has 1 saturated heterocycles. The van der Waals surface area contributed by atoms with E-state index in [1.807, 2.05) is 4.72 Å². The fourth-order valence-electron chi connectivity index (χ4n) is 4.70. The van der Waals surface area contributed by atoms with Crippen LogP contribution in [0.15, 0.2) is 69.0 Å². The van der Waals surface area contributed by atoms with E-state index >= 15 is 4.39 Å². The first kappa shape index (κ1) is 27.6. The van der Waals surface area contributed by atoms with Crippen LogP contribution >= 0.6 is 11.3 Å². The molecule has 0 spiro atoms. The van der Waals surface area contributed by atoms with Crippen LogP contribution in [0.2, 0.25) is 0 Å². The standard InChI is InChI=1S/C27H28FN5O5S2/c28-22-17-20(30-27(36)31-40(37,38)25-5-4-14-39-25)7-9-23(22)33-24(34)16-18-15-19(6-8-21(18)26(33)35)29-10-13-32-11-2-1-3-12-32/h4-9,14-17,29,35H,1-3,10-13H2,(H2,30,31,36). The van der Waals surface area contributed by atoms with Crippen LogP contribution < -0.4 is 20.9 Å². The van der Waals surface area contributed by atoms with Gasteiger partial charge in [-0.15, -0.1) is 11.3 Å². The number of hydrogen-bond acceptors (Lipinski definition) is 8. The number of carbonyl (C=O) groups excluding carboxylic acids is 1. The maximum atomic E-state index is 15.1. The number of fused-ring (bicyclic) bond motifs is 1. The van der Waals surface area contributed by atoms with Gasteiger partial charge in [0.15, 0.2) is 0 Å². The quantitative estimate of drug-likeness (QED) is 0.242. The Morgan fingerprint density at radius 2 is 1.80 bits per heavy atom. The number of thiophene rings is 1. The summed E-state index contributed by atoms with van der Waals surface area (Å²) >= 11 is 0.941. The molecular weight excluding hydrogens is 557 g/mol. The Balaban J connectivity index is 1.31. The minimum atomic E-state index is -4.07. The molecule has 2 aromatic heterocycles. The summed E-state index contributed by atoms with van der Waals surface area (Å²) in [5, 5.41) is 18.9. The summed E-state index contributed by atoms with van der Waals surface area (Å²) in [6.07, 6.45) is 3.72. The number of aromatic hydroxyl groups is 1. The molecule has 2 aromatic carbocycles. The van der Waals surface area contributed by atoms with Crippen LogP contribution in [0.1, 0.15) is 19.3 Å². The van der Waals surface area contributed by atoms with E-state index in [1.54, 1.807) is 23.6 Å². The van der Waals surface area contributed by atoms with E-state index in [0.717, 1.165) is 53.8 Å². The molecule has 4 N–H and O–H groups in total. The number of nitrogens with zero attached hydrogens (tertiary/aromatic N) is 2. The first-order valence-electron chi connectivity index (χ1n) is 12.7. The van der Waals surface area contributed by atoms with Crippen LogP contribution in [0.3, 0.4) is 0 Å². The molecule has 0 unspecified atom stereocenters. The Morgan fingerprint density at radius 1 is 1.02 bits per heavy atom. The number of halogens is 1. The lowest BCUT2D eigenvalue weighted by Gasteiger charge is -2.26. The molecule has 0 saturated carbocycles. The summed E-state index contributed by atoms with van der Waals surface area (Å²) < 4.78 is 42.2. The fraction of sp³-hybridized carbons (Fsp3) is 0.259. The molecule has 1 fully saturated rings. The number of amides is 2. The van der Waals surface area contributed by atoms with E-state index in [4.69, 9.17) is 0 Å². The molecule has 1 aliphatic rings. The van der Waals surface area contributed by atoms with Gasteiger partial charge in [-0.25, -0.2) is 26.9 Å². The zero-order valence-corrected chi connectivity index (χ0v) is 23.0. The van der Waals surface area contributed by atoms with Crippen molar-refractivity contribution >= 4 is 49.5 Å². The third kappa shape index (κ3) is 6.11. The minimum Gasteiger partial charge on any atom is -0.494 e. The summed E-state index contributed by atoms with van der Waals surface area (Å²) in [6, 6.07) is 11.8. The zero-order valence-electron chi connectivity index (χ0n) is 21.4. The molecule has 40 heavy (non-hydrogen) atoms. The number of likely N-dealkylation sites (tertiary alicyclic amines) is 1. The van der Waals surface area contributed by atoms with E-state index < -0.39 is 33.3 Å². The van der Waals surface area contributed by atoms with E-state index in [0.29, 0.717) is 10.8 Å². The van der Waals surface area contributed by atoms with Gasteiger partial charge in [0, 0.05) is 35.9 Å². The molecular formula is C27H28FN5O5S2. The molecule has 1 aliphatic heterocycles. The number of aromatic nitrogens is 1. The normalized spacial score (nSPS) is 14.2. The van der Waals surface area contributed by atoms with Crippen molar-refractivity contribution in [3.05, 3.63) is 76.1 Å². The van der Waals surface area contributed by atoms with Crippen molar-refractivity contribution in [3.8, 4) is 11.6 Å². The van der Waals surface area contributed by atoms with Gasteiger partial charge in [0.05, 0.1) is 5.69 Å². The van der Waals surface area contributed by atoms with Crippen LogP contribution in [-0.2, 0) is 10.0 Å². The second kappa shape index (κ2) is 11.7. The van der Waals surface area contributed by atoms with E-state index in [-0.39, 0.29) is 15.6 Å². The summed E-state index contributed by atoms with van der Waals surface area (Å²) in [5.41, 5.74) is -0.115. The van der Waals surface area contributed by atoms with Gasteiger partial charge in [0.25, 0.3) is 15.6 Å². The van der Waals surface area contributed by atoms with Gasteiger partial charge in [-0.1, -0.05) is 12.5 Å².